The number of hydrogen-bond donors (Lipinski definition) is 1. The number of benzene rings is 1. The molecule has 3 aromatic heterocycles. The van der Waals surface area contributed by atoms with Gasteiger partial charge in [0.05, 0.1) is 16.3 Å². The predicted molar refractivity (Wildman–Crippen MR) is 107 cm³/mol. The van der Waals surface area contributed by atoms with E-state index in [0.717, 1.165) is 10.6 Å². The minimum atomic E-state index is -0.247. The molecule has 0 spiro atoms. The molecule has 0 atom stereocenters. The molecule has 3 heterocycles. The third-order valence-electron chi connectivity index (χ3n) is 3.78. The van der Waals surface area contributed by atoms with Crippen LogP contribution in [-0.4, -0.2) is 15.5 Å². The molecule has 0 saturated carbocycles. The number of aryl methyl sites for hydroxylation is 1. The number of amides is 1. The molecule has 136 valence electrons. The predicted octanol–water partition coefficient (Wildman–Crippen LogP) is 4.20. The van der Waals surface area contributed by atoms with E-state index in [9.17, 15) is 9.59 Å². The zero-order chi connectivity index (χ0) is 18.8. The van der Waals surface area contributed by atoms with Crippen molar-refractivity contribution < 1.29 is 9.32 Å². The van der Waals surface area contributed by atoms with Crippen molar-refractivity contribution in [3.8, 4) is 0 Å². The van der Waals surface area contributed by atoms with Crippen LogP contribution in [0.3, 0.4) is 0 Å². The molecule has 0 saturated heterocycles. The van der Waals surface area contributed by atoms with Gasteiger partial charge in [-0.3, -0.25) is 9.59 Å². The third-order valence-corrected chi connectivity index (χ3v) is 5.76. The summed E-state index contributed by atoms with van der Waals surface area (Å²) < 4.78 is 6.48. The number of thioether (sulfide) groups is 1. The average Bonchev–Trinajstić information content (AvgIpc) is 3.30. The Bertz CT molecular complexity index is 1160. The highest BCUT2D eigenvalue weighted by molar-refractivity contribution is 7.98. The number of carbonyl (C=O) groups is 1. The molecule has 8 heteroatoms. The second-order valence-corrected chi connectivity index (χ2v) is 7.77. The van der Waals surface area contributed by atoms with Crippen LogP contribution in [0.1, 0.15) is 21.1 Å². The fourth-order valence-corrected chi connectivity index (χ4v) is 4.11. The molecular formula is C19H15N3O3S2. The smallest absolute Gasteiger partial charge is 0.287 e. The summed E-state index contributed by atoms with van der Waals surface area (Å²) in [6, 6.07) is 14.4. The van der Waals surface area contributed by atoms with E-state index in [1.807, 2.05) is 35.7 Å². The van der Waals surface area contributed by atoms with Gasteiger partial charge in [-0.1, -0.05) is 18.2 Å². The summed E-state index contributed by atoms with van der Waals surface area (Å²) >= 11 is 2.91. The highest BCUT2D eigenvalue weighted by Crippen LogP contribution is 2.30. The second kappa shape index (κ2) is 7.42. The second-order valence-electron chi connectivity index (χ2n) is 5.80. The first-order chi connectivity index (χ1) is 13.1. The van der Waals surface area contributed by atoms with Crippen LogP contribution in [0.2, 0.25) is 0 Å². The van der Waals surface area contributed by atoms with Crippen LogP contribution < -0.4 is 10.9 Å². The molecule has 1 N–H and O–H groups in total. The Balaban J connectivity index is 1.53. The molecule has 4 rings (SSSR count). The summed E-state index contributed by atoms with van der Waals surface area (Å²) in [5, 5.41) is 4.81. The maximum Gasteiger partial charge on any atom is 0.287 e. The highest BCUT2D eigenvalue weighted by atomic mass is 32.2. The lowest BCUT2D eigenvalue weighted by atomic mass is 10.3. The number of carbonyl (C=O) groups excluding carboxylic acids is 1. The topological polar surface area (TPSA) is 76.6 Å². The van der Waals surface area contributed by atoms with Gasteiger partial charge in [-0.2, -0.15) is 0 Å². The highest BCUT2D eigenvalue weighted by Gasteiger charge is 2.11. The van der Waals surface area contributed by atoms with Crippen molar-refractivity contribution in [2.75, 3.05) is 5.32 Å². The number of fused-ring (bicyclic) bond motifs is 1. The summed E-state index contributed by atoms with van der Waals surface area (Å²) in [4.78, 5) is 30.5. The number of rotatable bonds is 5. The van der Waals surface area contributed by atoms with Gasteiger partial charge in [-0.25, -0.2) is 4.98 Å². The van der Waals surface area contributed by atoms with Crippen LogP contribution in [0.15, 0.2) is 68.1 Å². The van der Waals surface area contributed by atoms with Gasteiger partial charge in [0.25, 0.3) is 11.5 Å². The molecule has 1 amide bonds. The Morgan fingerprint density at radius 3 is 2.93 bits per heavy atom. The largest absolute Gasteiger partial charge is 0.375 e. The first-order valence-corrected chi connectivity index (χ1v) is 10.0. The molecule has 0 radical (unpaired) electrons. The van der Waals surface area contributed by atoms with Gasteiger partial charge in [-0.15, -0.1) is 27.7 Å². The maximum atomic E-state index is 12.3. The van der Waals surface area contributed by atoms with E-state index < -0.39 is 0 Å². The Morgan fingerprint density at radius 1 is 1.26 bits per heavy atom. The summed E-state index contributed by atoms with van der Waals surface area (Å²) in [7, 11) is 0. The van der Waals surface area contributed by atoms with Crippen LogP contribution in [0.4, 0.5) is 5.69 Å². The maximum absolute atomic E-state index is 12.3. The minimum Gasteiger partial charge on any atom is -0.375 e. The van der Waals surface area contributed by atoms with Gasteiger partial charge in [0.15, 0.2) is 5.65 Å². The van der Waals surface area contributed by atoms with E-state index in [1.165, 1.54) is 33.7 Å². The fourth-order valence-electron chi connectivity index (χ4n) is 2.59. The molecule has 27 heavy (non-hydrogen) atoms. The molecule has 0 aliphatic heterocycles. The molecule has 0 aliphatic carbocycles. The Morgan fingerprint density at radius 2 is 2.11 bits per heavy atom. The van der Waals surface area contributed by atoms with E-state index in [2.05, 4.69) is 10.3 Å². The van der Waals surface area contributed by atoms with E-state index in [4.69, 9.17) is 4.52 Å². The lowest BCUT2D eigenvalue weighted by Crippen LogP contribution is -2.13. The summed E-state index contributed by atoms with van der Waals surface area (Å²) in [6.07, 6.45) is 0. The standard InChI is InChI=1S/C19H15N3O3S2/c1-12-9-17-20-13(10-18(23)22(17)25-12)11-27-15-6-3-2-5-14(15)21-19(24)16-7-4-8-26-16/h2-10H,11H2,1H3,(H,21,24). The van der Waals surface area contributed by atoms with Crippen LogP contribution >= 0.6 is 23.1 Å². The number of para-hydroxylation sites is 1. The summed E-state index contributed by atoms with van der Waals surface area (Å²) in [6.45, 7) is 1.77. The van der Waals surface area contributed by atoms with E-state index in [0.29, 0.717) is 27.7 Å². The van der Waals surface area contributed by atoms with Crippen molar-refractivity contribution >= 4 is 40.3 Å². The van der Waals surface area contributed by atoms with Crippen molar-refractivity contribution in [2.24, 2.45) is 0 Å². The average molecular weight is 397 g/mol. The molecule has 0 bridgehead atoms. The number of nitrogens with one attached hydrogen (secondary N) is 1. The van der Waals surface area contributed by atoms with Crippen LogP contribution in [0.5, 0.6) is 0 Å². The van der Waals surface area contributed by atoms with Crippen molar-refractivity contribution in [1.82, 2.24) is 9.56 Å². The Kier molecular flexibility index (Phi) is 4.83. The van der Waals surface area contributed by atoms with Gasteiger partial charge in [0, 0.05) is 22.8 Å². The lowest BCUT2D eigenvalue weighted by molar-refractivity contribution is 0.103. The van der Waals surface area contributed by atoms with Gasteiger partial charge in [-0.05, 0) is 30.5 Å². The van der Waals surface area contributed by atoms with Crippen LogP contribution in [0, 0.1) is 6.92 Å². The SMILES string of the molecule is Cc1cc2nc(CSc3ccccc3NC(=O)c3cccs3)cc(=O)n2o1. The Hall–Kier alpha value is -2.84. The number of anilines is 1. The van der Waals surface area contributed by atoms with Crippen LogP contribution in [-0.2, 0) is 5.75 Å². The van der Waals surface area contributed by atoms with Gasteiger partial charge in [0.2, 0.25) is 0 Å². The minimum absolute atomic E-state index is 0.135. The van der Waals surface area contributed by atoms with E-state index >= 15 is 0 Å². The normalized spacial score (nSPS) is 11.0. The van der Waals surface area contributed by atoms with Gasteiger partial charge >= 0.3 is 0 Å². The fraction of sp³-hybridized carbons (Fsp3) is 0.105. The van der Waals surface area contributed by atoms with Crippen molar-refractivity contribution in [3.05, 3.63) is 80.6 Å². The molecule has 4 aromatic rings. The molecule has 0 fully saturated rings. The molecule has 6 nitrogen and oxygen atoms in total. The zero-order valence-corrected chi connectivity index (χ0v) is 16.0. The summed E-state index contributed by atoms with van der Waals surface area (Å²) in [5.41, 5.74) is 1.64. The van der Waals surface area contributed by atoms with Crippen LogP contribution in [0.25, 0.3) is 5.65 Å². The van der Waals surface area contributed by atoms with Crippen molar-refractivity contribution in [1.29, 1.82) is 0 Å². The molecular weight excluding hydrogens is 382 g/mol. The number of nitrogens with zero attached hydrogens (tertiary/aromatic N) is 2. The third kappa shape index (κ3) is 3.81. The summed E-state index contributed by atoms with van der Waals surface area (Å²) in [5.74, 6) is 0.998. The monoisotopic (exact) mass is 397 g/mol. The first kappa shape index (κ1) is 17.6. The van der Waals surface area contributed by atoms with Crippen molar-refractivity contribution in [3.63, 3.8) is 0 Å². The molecule has 1 aromatic carbocycles. The quantitative estimate of drug-likeness (QED) is 0.511. The molecule has 0 aliphatic rings. The Labute approximate surface area is 162 Å². The molecule has 0 unspecified atom stereocenters. The lowest BCUT2D eigenvalue weighted by Gasteiger charge is -2.10. The zero-order valence-electron chi connectivity index (χ0n) is 14.3. The number of aromatic nitrogens is 2. The van der Waals surface area contributed by atoms with E-state index in [-0.39, 0.29) is 11.5 Å². The first-order valence-electron chi connectivity index (χ1n) is 8.16. The number of thiophene rings is 1. The van der Waals surface area contributed by atoms with E-state index in [1.54, 1.807) is 19.1 Å². The van der Waals surface area contributed by atoms with Gasteiger partial charge in [0.1, 0.15) is 5.76 Å². The number of hydrogen-bond acceptors (Lipinski definition) is 6. The van der Waals surface area contributed by atoms with Crippen molar-refractivity contribution in [2.45, 2.75) is 17.6 Å². The van der Waals surface area contributed by atoms with Gasteiger partial charge < -0.3 is 9.84 Å².